The number of piperidine rings is 1. The predicted octanol–water partition coefficient (Wildman–Crippen LogP) is 1.80. The second-order valence-corrected chi connectivity index (χ2v) is 6.79. The number of carbonyl (C=O) groups is 1. The smallest absolute Gasteiger partial charge is 0.243 e. The maximum atomic E-state index is 12.2. The van der Waals surface area contributed by atoms with E-state index in [1.165, 1.54) is 4.31 Å². The van der Waals surface area contributed by atoms with Crippen LogP contribution in [-0.2, 0) is 14.8 Å². The molecule has 0 N–H and O–H groups in total. The van der Waals surface area contributed by atoms with Gasteiger partial charge in [-0.3, -0.25) is 4.79 Å². The maximum Gasteiger partial charge on any atom is 0.243 e. The van der Waals surface area contributed by atoms with Gasteiger partial charge in [0.15, 0.2) is 0 Å². The number of carbonyl (C=O) groups excluding carboxylic acids is 1. The van der Waals surface area contributed by atoms with Crippen LogP contribution in [0.2, 0.25) is 0 Å². The van der Waals surface area contributed by atoms with Crippen LogP contribution >= 0.6 is 15.9 Å². The normalized spacial score (nSPS) is 18.3. The van der Waals surface area contributed by atoms with E-state index in [4.69, 9.17) is 0 Å². The molecule has 2 rings (SSSR count). The van der Waals surface area contributed by atoms with E-state index in [-0.39, 0.29) is 17.2 Å². The lowest BCUT2D eigenvalue weighted by molar-refractivity contribution is -0.120. The molecule has 4 nitrogen and oxygen atoms in total. The minimum atomic E-state index is -3.52. The molecule has 0 spiro atoms. The van der Waals surface area contributed by atoms with Crippen molar-refractivity contribution in [2.45, 2.75) is 17.7 Å². The zero-order valence-corrected chi connectivity index (χ0v) is 11.5. The number of sulfonamides is 1. The third-order valence-electron chi connectivity index (χ3n) is 2.67. The quantitative estimate of drug-likeness (QED) is 0.835. The highest BCUT2D eigenvalue weighted by molar-refractivity contribution is 9.10. The molecule has 1 fully saturated rings. The molecule has 1 aromatic carbocycles. The van der Waals surface area contributed by atoms with Crippen LogP contribution in [0.3, 0.4) is 0 Å². The fourth-order valence-electron chi connectivity index (χ4n) is 1.77. The van der Waals surface area contributed by atoms with Crippen molar-refractivity contribution in [2.24, 2.45) is 0 Å². The topological polar surface area (TPSA) is 54.5 Å². The zero-order chi connectivity index (χ0) is 12.5. The van der Waals surface area contributed by atoms with Crippen molar-refractivity contribution in [2.75, 3.05) is 13.1 Å². The van der Waals surface area contributed by atoms with Crippen LogP contribution in [-0.4, -0.2) is 31.6 Å². The van der Waals surface area contributed by atoms with Crippen LogP contribution in [0.4, 0.5) is 0 Å². The lowest BCUT2D eigenvalue weighted by Crippen LogP contribution is -2.40. The Morgan fingerprint density at radius 3 is 2.41 bits per heavy atom. The summed E-state index contributed by atoms with van der Waals surface area (Å²) >= 11 is 3.26. The van der Waals surface area contributed by atoms with Crippen molar-refractivity contribution >= 4 is 31.7 Å². The van der Waals surface area contributed by atoms with E-state index in [1.807, 2.05) is 0 Å². The van der Waals surface area contributed by atoms with Crippen molar-refractivity contribution in [3.05, 3.63) is 28.7 Å². The Labute approximate surface area is 109 Å². The molecule has 0 atom stereocenters. The van der Waals surface area contributed by atoms with Crippen LogP contribution in [0.5, 0.6) is 0 Å². The zero-order valence-electron chi connectivity index (χ0n) is 9.10. The number of hydrogen-bond acceptors (Lipinski definition) is 3. The van der Waals surface area contributed by atoms with Crippen molar-refractivity contribution in [3.8, 4) is 0 Å². The molecule has 1 aromatic rings. The second-order valence-electron chi connectivity index (χ2n) is 3.93. The highest BCUT2D eigenvalue weighted by Crippen LogP contribution is 2.21. The Balaban J connectivity index is 2.29. The summed E-state index contributed by atoms with van der Waals surface area (Å²) in [6, 6.07) is 6.44. The number of rotatable bonds is 2. The summed E-state index contributed by atoms with van der Waals surface area (Å²) in [5.74, 6) is -0.0167. The van der Waals surface area contributed by atoms with Crippen molar-refractivity contribution in [3.63, 3.8) is 0 Å². The van der Waals surface area contributed by atoms with Gasteiger partial charge in [-0.1, -0.05) is 15.9 Å². The molecule has 0 bridgehead atoms. The standard InChI is InChI=1S/C11H12BrNO3S/c12-9-3-5-11(6-4-9)17(15,16)13-7-1-2-10(14)8-13/h3-6H,1-2,7-8H2. The summed E-state index contributed by atoms with van der Waals surface area (Å²) in [7, 11) is -3.52. The van der Waals surface area contributed by atoms with E-state index in [9.17, 15) is 13.2 Å². The highest BCUT2D eigenvalue weighted by Gasteiger charge is 2.28. The molecule has 6 heteroatoms. The molecule has 0 radical (unpaired) electrons. The summed E-state index contributed by atoms with van der Waals surface area (Å²) in [4.78, 5) is 11.5. The first kappa shape index (κ1) is 12.7. The summed E-state index contributed by atoms with van der Waals surface area (Å²) < 4.78 is 26.5. The molecule has 0 aromatic heterocycles. The molecule has 92 valence electrons. The summed E-state index contributed by atoms with van der Waals surface area (Å²) in [6.45, 7) is 0.419. The Hall–Kier alpha value is -0.720. The number of benzene rings is 1. The molecule has 1 heterocycles. The number of halogens is 1. The summed E-state index contributed by atoms with van der Waals surface area (Å²) in [5.41, 5.74) is 0. The van der Waals surface area contributed by atoms with Gasteiger partial charge in [0.05, 0.1) is 11.4 Å². The average molecular weight is 318 g/mol. The van der Waals surface area contributed by atoms with E-state index < -0.39 is 10.0 Å². The Morgan fingerprint density at radius 2 is 1.82 bits per heavy atom. The van der Waals surface area contributed by atoms with Crippen molar-refractivity contribution in [1.82, 2.24) is 4.31 Å². The molecular formula is C11H12BrNO3S. The third kappa shape index (κ3) is 2.75. The lowest BCUT2D eigenvalue weighted by Gasteiger charge is -2.25. The molecule has 0 aliphatic carbocycles. The Bertz CT molecular complexity index is 524. The minimum Gasteiger partial charge on any atom is -0.298 e. The van der Waals surface area contributed by atoms with Gasteiger partial charge in [-0.2, -0.15) is 4.31 Å². The van der Waals surface area contributed by atoms with Crippen LogP contribution in [0.15, 0.2) is 33.6 Å². The van der Waals surface area contributed by atoms with Gasteiger partial charge in [0.2, 0.25) is 10.0 Å². The minimum absolute atomic E-state index is 0.00159. The first-order chi connectivity index (χ1) is 8.00. The molecule has 17 heavy (non-hydrogen) atoms. The van der Waals surface area contributed by atoms with E-state index in [2.05, 4.69) is 15.9 Å². The molecular weight excluding hydrogens is 306 g/mol. The van der Waals surface area contributed by atoms with E-state index in [0.29, 0.717) is 19.4 Å². The van der Waals surface area contributed by atoms with Gasteiger partial charge in [-0.15, -0.1) is 0 Å². The predicted molar refractivity (Wildman–Crippen MR) is 67.1 cm³/mol. The second kappa shape index (κ2) is 4.88. The molecule has 1 aliphatic rings. The van der Waals surface area contributed by atoms with Gasteiger partial charge in [0.25, 0.3) is 0 Å². The first-order valence-corrected chi connectivity index (χ1v) is 7.51. The van der Waals surface area contributed by atoms with E-state index in [0.717, 1.165) is 4.47 Å². The lowest BCUT2D eigenvalue weighted by atomic mass is 10.1. The number of nitrogens with zero attached hydrogens (tertiary/aromatic N) is 1. The van der Waals surface area contributed by atoms with Gasteiger partial charge < -0.3 is 0 Å². The number of Topliss-reactive ketones (excluding diaryl/α,β-unsaturated/α-hetero) is 1. The maximum absolute atomic E-state index is 12.2. The highest BCUT2D eigenvalue weighted by atomic mass is 79.9. The fraction of sp³-hybridized carbons (Fsp3) is 0.364. The van der Waals surface area contributed by atoms with Crippen LogP contribution in [0.1, 0.15) is 12.8 Å². The van der Waals surface area contributed by atoms with Gasteiger partial charge >= 0.3 is 0 Å². The van der Waals surface area contributed by atoms with Crippen LogP contribution in [0, 0.1) is 0 Å². The van der Waals surface area contributed by atoms with Crippen LogP contribution < -0.4 is 0 Å². The molecule has 1 saturated heterocycles. The molecule has 1 aliphatic heterocycles. The SMILES string of the molecule is O=C1CCCN(S(=O)(=O)c2ccc(Br)cc2)C1. The summed E-state index contributed by atoms with van der Waals surface area (Å²) in [6.07, 6.45) is 1.08. The van der Waals surface area contributed by atoms with Crippen molar-refractivity contribution < 1.29 is 13.2 Å². The monoisotopic (exact) mass is 317 g/mol. The van der Waals surface area contributed by atoms with Gasteiger partial charge in [0, 0.05) is 17.4 Å². The Kier molecular flexibility index (Phi) is 3.65. The number of hydrogen-bond donors (Lipinski definition) is 0. The van der Waals surface area contributed by atoms with Crippen molar-refractivity contribution in [1.29, 1.82) is 0 Å². The molecule has 0 saturated carbocycles. The van der Waals surface area contributed by atoms with Gasteiger partial charge in [-0.05, 0) is 30.7 Å². The fourth-order valence-corrected chi connectivity index (χ4v) is 3.49. The largest absolute Gasteiger partial charge is 0.298 e. The Morgan fingerprint density at radius 1 is 1.18 bits per heavy atom. The first-order valence-electron chi connectivity index (χ1n) is 5.27. The van der Waals surface area contributed by atoms with Gasteiger partial charge in [0.1, 0.15) is 5.78 Å². The van der Waals surface area contributed by atoms with E-state index >= 15 is 0 Å². The van der Waals surface area contributed by atoms with Crippen LogP contribution in [0.25, 0.3) is 0 Å². The number of ketones is 1. The third-order valence-corrected chi connectivity index (χ3v) is 5.06. The summed E-state index contributed by atoms with van der Waals surface area (Å²) in [5, 5.41) is 0. The average Bonchev–Trinajstić information content (AvgIpc) is 2.29. The van der Waals surface area contributed by atoms with Gasteiger partial charge in [-0.25, -0.2) is 8.42 Å². The molecule has 0 unspecified atom stereocenters. The molecule has 0 amide bonds. The van der Waals surface area contributed by atoms with E-state index in [1.54, 1.807) is 24.3 Å².